The normalized spacial score (nSPS) is 11.3. The Kier molecular flexibility index (Phi) is 3.19. The summed E-state index contributed by atoms with van der Waals surface area (Å²) >= 11 is 0. The first-order chi connectivity index (χ1) is 10.1. The lowest BCUT2D eigenvalue weighted by atomic mass is 10.1. The number of nitrogens with zero attached hydrogens (tertiary/aromatic N) is 4. The molecule has 0 atom stereocenters. The zero-order valence-corrected chi connectivity index (χ0v) is 11.3. The van der Waals surface area contributed by atoms with Crippen molar-refractivity contribution in [2.45, 2.75) is 6.92 Å². The Hall–Kier alpha value is -3.02. The van der Waals surface area contributed by atoms with E-state index in [0.717, 1.165) is 11.0 Å². The van der Waals surface area contributed by atoms with E-state index in [4.69, 9.17) is 0 Å². The number of aryl methyl sites for hydroxylation is 1. The fourth-order valence-corrected chi connectivity index (χ4v) is 2.07. The topological polar surface area (TPSA) is 73.3 Å². The molecule has 0 saturated carbocycles. The highest BCUT2D eigenvalue weighted by Crippen LogP contribution is 2.18. The second kappa shape index (κ2) is 5.16. The van der Waals surface area contributed by atoms with Crippen LogP contribution in [0.1, 0.15) is 11.1 Å². The van der Waals surface area contributed by atoms with Gasteiger partial charge in [-0.15, -0.1) is 0 Å². The maximum absolute atomic E-state index is 10.9. The molecule has 104 valence electrons. The first-order valence-corrected chi connectivity index (χ1v) is 6.36. The van der Waals surface area contributed by atoms with Gasteiger partial charge in [0, 0.05) is 17.2 Å². The summed E-state index contributed by atoms with van der Waals surface area (Å²) in [6.07, 6.45) is 3.20. The largest absolute Gasteiger partial charge is 0.272 e. The number of hydrogen-bond donors (Lipinski definition) is 0. The molecule has 0 N–H and O–H groups in total. The van der Waals surface area contributed by atoms with Crippen LogP contribution >= 0.6 is 0 Å². The van der Waals surface area contributed by atoms with Gasteiger partial charge >= 0.3 is 0 Å². The summed E-state index contributed by atoms with van der Waals surface area (Å²) in [6, 6.07) is 12.7. The fraction of sp³-hybridized carbons (Fsp3) is 0.0667. The van der Waals surface area contributed by atoms with Gasteiger partial charge in [0.15, 0.2) is 0 Å². The van der Waals surface area contributed by atoms with Crippen molar-refractivity contribution in [2.24, 2.45) is 5.10 Å². The summed E-state index contributed by atoms with van der Waals surface area (Å²) in [6.45, 7) is 1.71. The lowest BCUT2D eigenvalue weighted by Crippen LogP contribution is -1.94. The van der Waals surface area contributed by atoms with Crippen molar-refractivity contribution in [3.63, 3.8) is 0 Å². The Labute approximate surface area is 120 Å². The number of fused-ring (bicyclic) bond motifs is 1. The minimum absolute atomic E-state index is 0.0921. The number of nitro groups is 1. The lowest BCUT2D eigenvalue weighted by Gasteiger charge is -1.99. The Morgan fingerprint density at radius 2 is 2.10 bits per heavy atom. The monoisotopic (exact) mass is 280 g/mol. The number of hydrogen-bond acceptors (Lipinski definition) is 4. The van der Waals surface area contributed by atoms with Crippen LogP contribution in [0.5, 0.6) is 0 Å². The molecule has 0 spiro atoms. The maximum atomic E-state index is 10.9. The van der Waals surface area contributed by atoms with Crippen LogP contribution in [0.3, 0.4) is 0 Å². The molecular weight excluding hydrogens is 268 g/mol. The van der Waals surface area contributed by atoms with Crippen LogP contribution in [-0.4, -0.2) is 20.8 Å². The molecule has 6 heteroatoms. The highest BCUT2D eigenvalue weighted by molar-refractivity contribution is 5.82. The SMILES string of the molecule is Cc1ccc(/C=N\n2cnc3ccccc32)cc1[N+](=O)[O-]. The van der Waals surface area contributed by atoms with Crippen LogP contribution in [0, 0.1) is 17.0 Å². The van der Waals surface area contributed by atoms with Crippen molar-refractivity contribution < 1.29 is 4.92 Å². The van der Waals surface area contributed by atoms with E-state index in [0.29, 0.717) is 11.1 Å². The van der Waals surface area contributed by atoms with Crippen LogP contribution in [0.25, 0.3) is 11.0 Å². The summed E-state index contributed by atoms with van der Waals surface area (Å²) in [5, 5.41) is 15.2. The summed E-state index contributed by atoms with van der Waals surface area (Å²) in [5.41, 5.74) is 3.13. The van der Waals surface area contributed by atoms with Crippen LogP contribution in [0.4, 0.5) is 5.69 Å². The van der Waals surface area contributed by atoms with Crippen molar-refractivity contribution in [1.29, 1.82) is 0 Å². The molecule has 1 heterocycles. The van der Waals surface area contributed by atoms with Gasteiger partial charge in [0.05, 0.1) is 22.2 Å². The molecule has 0 aliphatic carbocycles. The van der Waals surface area contributed by atoms with Gasteiger partial charge in [0.2, 0.25) is 0 Å². The number of aromatic nitrogens is 2. The van der Waals surface area contributed by atoms with Crippen molar-refractivity contribution in [3.8, 4) is 0 Å². The molecule has 1 aromatic heterocycles. The van der Waals surface area contributed by atoms with E-state index in [2.05, 4.69) is 10.1 Å². The second-order valence-corrected chi connectivity index (χ2v) is 4.63. The maximum Gasteiger partial charge on any atom is 0.272 e. The Balaban J connectivity index is 1.96. The van der Waals surface area contributed by atoms with Gasteiger partial charge in [0.25, 0.3) is 5.69 Å². The molecule has 3 aromatic rings. The molecule has 21 heavy (non-hydrogen) atoms. The van der Waals surface area contributed by atoms with E-state index < -0.39 is 0 Å². The lowest BCUT2D eigenvalue weighted by molar-refractivity contribution is -0.385. The average Bonchev–Trinajstić information content (AvgIpc) is 2.89. The first kappa shape index (κ1) is 13.0. The van der Waals surface area contributed by atoms with Crippen LogP contribution in [0.15, 0.2) is 53.9 Å². The molecule has 0 bridgehead atoms. The van der Waals surface area contributed by atoms with Crippen molar-refractivity contribution >= 4 is 22.9 Å². The van der Waals surface area contributed by atoms with Gasteiger partial charge in [-0.1, -0.05) is 24.3 Å². The van der Waals surface area contributed by atoms with Crippen LogP contribution < -0.4 is 0 Å². The molecule has 2 aromatic carbocycles. The summed E-state index contributed by atoms with van der Waals surface area (Å²) < 4.78 is 1.64. The molecule has 0 unspecified atom stereocenters. The molecule has 0 radical (unpaired) electrons. The van der Waals surface area contributed by atoms with Crippen LogP contribution in [0.2, 0.25) is 0 Å². The molecule has 0 aliphatic heterocycles. The predicted molar refractivity (Wildman–Crippen MR) is 80.6 cm³/mol. The first-order valence-electron chi connectivity index (χ1n) is 6.36. The smallest absolute Gasteiger partial charge is 0.258 e. The van der Waals surface area contributed by atoms with Gasteiger partial charge in [-0.2, -0.15) is 5.10 Å². The highest BCUT2D eigenvalue weighted by Gasteiger charge is 2.10. The minimum atomic E-state index is -0.390. The van der Waals surface area contributed by atoms with Gasteiger partial charge in [0.1, 0.15) is 6.33 Å². The Morgan fingerprint density at radius 1 is 1.29 bits per heavy atom. The van der Waals surface area contributed by atoms with Crippen molar-refractivity contribution in [3.05, 3.63) is 70.0 Å². The van der Waals surface area contributed by atoms with Crippen LogP contribution in [-0.2, 0) is 0 Å². The molecular formula is C15H12N4O2. The fourth-order valence-electron chi connectivity index (χ4n) is 2.07. The van der Waals surface area contributed by atoms with Gasteiger partial charge in [-0.3, -0.25) is 10.1 Å². The Bertz CT molecular complexity index is 852. The molecule has 0 aliphatic rings. The third-order valence-corrected chi connectivity index (χ3v) is 3.20. The number of benzene rings is 2. The van der Waals surface area contributed by atoms with Gasteiger partial charge in [-0.05, 0) is 19.1 Å². The zero-order valence-electron chi connectivity index (χ0n) is 11.3. The molecule has 6 nitrogen and oxygen atoms in total. The summed E-state index contributed by atoms with van der Waals surface area (Å²) in [5.74, 6) is 0. The third-order valence-electron chi connectivity index (χ3n) is 3.20. The summed E-state index contributed by atoms with van der Waals surface area (Å²) in [4.78, 5) is 14.8. The van der Waals surface area contributed by atoms with Gasteiger partial charge < -0.3 is 0 Å². The molecule has 0 saturated heterocycles. The molecule has 0 amide bonds. The Morgan fingerprint density at radius 3 is 2.90 bits per heavy atom. The number of rotatable bonds is 3. The highest BCUT2D eigenvalue weighted by atomic mass is 16.6. The predicted octanol–water partition coefficient (Wildman–Crippen LogP) is 3.14. The van der Waals surface area contributed by atoms with E-state index in [1.807, 2.05) is 24.3 Å². The van der Waals surface area contributed by atoms with Gasteiger partial charge in [-0.25, -0.2) is 9.66 Å². The zero-order chi connectivity index (χ0) is 14.8. The number of nitro benzene ring substituents is 1. The van der Waals surface area contributed by atoms with E-state index in [1.165, 1.54) is 6.07 Å². The van der Waals surface area contributed by atoms with Crippen molar-refractivity contribution in [2.75, 3.05) is 0 Å². The standard InChI is InChI=1S/C15H12N4O2/c1-11-6-7-12(8-15(11)19(20)21)9-17-18-10-16-13-4-2-3-5-14(13)18/h2-10H,1H3/b17-9-. The number of imidazole rings is 1. The van der Waals surface area contributed by atoms with E-state index in [-0.39, 0.29) is 10.6 Å². The van der Waals surface area contributed by atoms with E-state index >= 15 is 0 Å². The molecule has 0 fully saturated rings. The average molecular weight is 280 g/mol. The third kappa shape index (κ3) is 2.51. The van der Waals surface area contributed by atoms with Crippen molar-refractivity contribution in [1.82, 2.24) is 9.66 Å². The summed E-state index contributed by atoms with van der Waals surface area (Å²) in [7, 11) is 0. The van der Waals surface area contributed by atoms with E-state index in [1.54, 1.807) is 36.3 Å². The number of para-hydroxylation sites is 2. The second-order valence-electron chi connectivity index (χ2n) is 4.63. The van der Waals surface area contributed by atoms with E-state index in [9.17, 15) is 10.1 Å². The molecule has 3 rings (SSSR count). The minimum Gasteiger partial charge on any atom is -0.258 e. The quantitative estimate of drug-likeness (QED) is 0.420.